The van der Waals surface area contributed by atoms with E-state index in [1.165, 1.54) is 12.7 Å². The molecule has 0 radical (unpaired) electrons. The van der Waals surface area contributed by atoms with Crippen LogP contribution in [0.4, 0.5) is 0 Å². The van der Waals surface area contributed by atoms with Gasteiger partial charge < -0.3 is 0 Å². The van der Waals surface area contributed by atoms with Gasteiger partial charge in [0.1, 0.15) is 12.7 Å². The van der Waals surface area contributed by atoms with Crippen LogP contribution in [-0.4, -0.2) is 39.0 Å². The molecule has 76 valence electrons. The zero-order chi connectivity index (χ0) is 10.0. The van der Waals surface area contributed by atoms with Gasteiger partial charge >= 0.3 is 0 Å². The van der Waals surface area contributed by atoms with Crippen LogP contribution in [0.25, 0.3) is 0 Å². The molecule has 2 heterocycles. The van der Waals surface area contributed by atoms with Crippen LogP contribution in [0.15, 0.2) is 12.7 Å². The highest BCUT2D eigenvalue weighted by Crippen LogP contribution is 2.26. The summed E-state index contributed by atoms with van der Waals surface area (Å²) in [5.74, 6) is 0.500. The summed E-state index contributed by atoms with van der Waals surface area (Å²) < 4.78 is 1.62. The van der Waals surface area contributed by atoms with Crippen LogP contribution in [0.3, 0.4) is 0 Å². The maximum absolute atomic E-state index is 6.31. The van der Waals surface area contributed by atoms with Gasteiger partial charge in [-0.15, -0.1) is 0 Å². The van der Waals surface area contributed by atoms with Gasteiger partial charge in [0.2, 0.25) is 0 Å². The van der Waals surface area contributed by atoms with Crippen molar-refractivity contribution in [3.8, 4) is 0 Å². The Kier molecular flexibility index (Phi) is 2.83. The first-order valence-corrected chi connectivity index (χ1v) is 4.89. The Bertz CT molecular complexity index is 308. The van der Waals surface area contributed by atoms with E-state index in [2.05, 4.69) is 20.3 Å². The minimum absolute atomic E-state index is 0.458. The van der Waals surface area contributed by atoms with Crippen molar-refractivity contribution in [2.24, 2.45) is 0 Å². The molecule has 14 heavy (non-hydrogen) atoms. The fourth-order valence-electron chi connectivity index (χ4n) is 1.34. The maximum atomic E-state index is 6.31. The molecular formula is C7H9Cl2N5. The third-order valence-electron chi connectivity index (χ3n) is 2.00. The molecule has 0 amide bonds. The number of aromatic nitrogens is 3. The molecule has 5 nitrogen and oxygen atoms in total. The molecule has 1 saturated heterocycles. The van der Waals surface area contributed by atoms with Crippen molar-refractivity contribution in [2.75, 3.05) is 19.6 Å². The molecule has 1 aliphatic heterocycles. The summed E-state index contributed by atoms with van der Waals surface area (Å²) in [6.45, 7) is 1.92. The molecule has 1 aliphatic rings. The molecule has 1 N–H and O–H groups in total. The summed E-state index contributed by atoms with van der Waals surface area (Å²) in [6.07, 6.45) is 2.84. The molecule has 0 spiro atoms. The molecule has 0 bridgehead atoms. The minimum Gasteiger partial charge on any atom is -0.290 e. The van der Waals surface area contributed by atoms with E-state index in [4.69, 9.17) is 23.4 Å². The Morgan fingerprint density at radius 2 is 2.14 bits per heavy atom. The highest BCUT2D eigenvalue weighted by Gasteiger charge is 2.37. The number of hydrogen-bond acceptors (Lipinski definition) is 5. The molecule has 1 aromatic rings. The fraction of sp³-hybridized carbons (Fsp3) is 0.571. The van der Waals surface area contributed by atoms with Crippen LogP contribution in [0, 0.1) is 0 Å². The Morgan fingerprint density at radius 1 is 1.43 bits per heavy atom. The average Bonchev–Trinajstić information content (AvgIpc) is 2.19. The quantitative estimate of drug-likeness (QED) is 0.431. The van der Waals surface area contributed by atoms with Gasteiger partial charge in [0.15, 0.2) is 10.8 Å². The molecule has 1 unspecified atom stereocenters. The zero-order valence-electron chi connectivity index (χ0n) is 7.32. The Hall–Kier alpha value is -0.490. The lowest BCUT2D eigenvalue weighted by atomic mass is 10.2. The number of hydrogen-bond donors (Lipinski definition) is 1. The fourth-order valence-corrected chi connectivity index (χ4v) is 2.00. The summed E-state index contributed by atoms with van der Waals surface area (Å²) in [4.78, 5) is 10.9. The van der Waals surface area contributed by atoms with E-state index in [0.29, 0.717) is 18.9 Å². The third-order valence-corrected chi connectivity index (χ3v) is 2.71. The third kappa shape index (κ3) is 1.95. The van der Waals surface area contributed by atoms with Gasteiger partial charge in [-0.3, -0.25) is 5.32 Å². The Labute approximate surface area is 91.6 Å². The maximum Gasteiger partial charge on any atom is 0.168 e. The topological polar surface area (TPSA) is 53.9 Å². The normalized spacial score (nSPS) is 29.0. The number of halogens is 2. The molecule has 2 rings (SSSR count). The van der Waals surface area contributed by atoms with Gasteiger partial charge in [0.05, 0.1) is 6.54 Å². The number of alkyl halides is 1. The van der Waals surface area contributed by atoms with Gasteiger partial charge in [-0.05, 0) is 11.8 Å². The van der Waals surface area contributed by atoms with Crippen molar-refractivity contribution in [3.63, 3.8) is 0 Å². The lowest BCUT2D eigenvalue weighted by molar-refractivity contribution is 0.272. The standard InChI is InChI=1S/C7H9Cl2N5/c8-7(3-14(9)2-1-13-7)6-11-4-10-5-12-6/h4-5,13H,1-3H2. The first kappa shape index (κ1) is 10.0. The first-order chi connectivity index (χ1) is 6.71. The van der Waals surface area contributed by atoms with Crippen LogP contribution in [0.1, 0.15) is 5.82 Å². The van der Waals surface area contributed by atoms with E-state index in [0.717, 1.165) is 6.54 Å². The summed E-state index contributed by atoms with van der Waals surface area (Å²) in [5.41, 5.74) is 0. The van der Waals surface area contributed by atoms with Gasteiger partial charge in [0.25, 0.3) is 0 Å². The highest BCUT2D eigenvalue weighted by atomic mass is 35.5. The van der Waals surface area contributed by atoms with Crippen LogP contribution in [-0.2, 0) is 5.00 Å². The molecule has 7 heteroatoms. The van der Waals surface area contributed by atoms with Gasteiger partial charge in [-0.2, -0.15) is 0 Å². The van der Waals surface area contributed by atoms with E-state index in [1.807, 2.05) is 0 Å². The highest BCUT2D eigenvalue weighted by molar-refractivity contribution is 6.24. The van der Waals surface area contributed by atoms with Crippen molar-refractivity contribution in [3.05, 3.63) is 18.5 Å². The van der Waals surface area contributed by atoms with Crippen molar-refractivity contribution in [2.45, 2.75) is 5.00 Å². The van der Waals surface area contributed by atoms with E-state index < -0.39 is 5.00 Å². The largest absolute Gasteiger partial charge is 0.290 e. The zero-order valence-corrected chi connectivity index (χ0v) is 8.83. The molecule has 1 aromatic heterocycles. The number of nitrogens with one attached hydrogen (secondary N) is 1. The lowest BCUT2D eigenvalue weighted by Crippen LogP contribution is -2.53. The van der Waals surface area contributed by atoms with Crippen molar-refractivity contribution >= 4 is 23.4 Å². The molecule has 0 saturated carbocycles. The van der Waals surface area contributed by atoms with Crippen LogP contribution >= 0.6 is 23.4 Å². The summed E-state index contributed by atoms with van der Waals surface area (Å²) in [5, 5.41) is 3.13. The van der Waals surface area contributed by atoms with Crippen molar-refractivity contribution in [1.82, 2.24) is 24.7 Å². The average molecular weight is 234 g/mol. The monoisotopic (exact) mass is 233 g/mol. The molecular weight excluding hydrogens is 225 g/mol. The molecule has 1 atom stereocenters. The van der Waals surface area contributed by atoms with Gasteiger partial charge in [0, 0.05) is 13.1 Å². The van der Waals surface area contributed by atoms with E-state index in [9.17, 15) is 0 Å². The van der Waals surface area contributed by atoms with E-state index >= 15 is 0 Å². The number of piperazine rings is 1. The molecule has 1 fully saturated rings. The molecule has 0 aliphatic carbocycles. The first-order valence-electron chi connectivity index (χ1n) is 4.18. The Balaban J connectivity index is 2.23. The second kappa shape index (κ2) is 3.94. The van der Waals surface area contributed by atoms with Crippen LogP contribution in [0.2, 0.25) is 0 Å². The summed E-state index contributed by atoms with van der Waals surface area (Å²) in [6, 6.07) is 0. The van der Waals surface area contributed by atoms with Crippen molar-refractivity contribution < 1.29 is 0 Å². The Morgan fingerprint density at radius 3 is 2.79 bits per heavy atom. The minimum atomic E-state index is -0.803. The van der Waals surface area contributed by atoms with Gasteiger partial charge in [-0.1, -0.05) is 11.6 Å². The molecule has 0 aromatic carbocycles. The predicted octanol–water partition coefficient (Wildman–Crippen LogP) is 0.322. The van der Waals surface area contributed by atoms with E-state index in [-0.39, 0.29) is 0 Å². The second-order valence-electron chi connectivity index (χ2n) is 3.03. The lowest BCUT2D eigenvalue weighted by Gasteiger charge is -2.34. The van der Waals surface area contributed by atoms with Crippen LogP contribution in [0.5, 0.6) is 0 Å². The predicted molar refractivity (Wildman–Crippen MR) is 52.8 cm³/mol. The van der Waals surface area contributed by atoms with Crippen molar-refractivity contribution in [1.29, 1.82) is 0 Å². The SMILES string of the molecule is ClN1CCNC(Cl)(c2ncncn2)C1. The second-order valence-corrected chi connectivity index (χ2v) is 4.16. The summed E-state index contributed by atoms with van der Waals surface area (Å²) >= 11 is 12.2. The number of nitrogens with zero attached hydrogens (tertiary/aromatic N) is 4. The number of rotatable bonds is 1. The smallest absolute Gasteiger partial charge is 0.168 e. The van der Waals surface area contributed by atoms with Gasteiger partial charge in [-0.25, -0.2) is 19.4 Å². The van der Waals surface area contributed by atoms with Crippen LogP contribution < -0.4 is 5.32 Å². The summed E-state index contributed by atoms with van der Waals surface area (Å²) in [7, 11) is 0. The van der Waals surface area contributed by atoms with E-state index in [1.54, 1.807) is 4.42 Å².